The van der Waals surface area contributed by atoms with Crippen LogP contribution in [0.3, 0.4) is 0 Å². The quantitative estimate of drug-likeness (QED) is 0.935. The predicted molar refractivity (Wildman–Crippen MR) is 81.8 cm³/mol. The number of hydrogen-bond donors (Lipinski definition) is 1. The number of alkyl halides is 3. The number of likely N-dealkylation sites (tertiary alicyclic amines) is 1. The number of rotatable bonds is 3. The van der Waals surface area contributed by atoms with Crippen LogP contribution >= 0.6 is 0 Å². The molecule has 5 nitrogen and oxygen atoms in total. The maximum Gasteiger partial charge on any atom is 0.434 e. The summed E-state index contributed by atoms with van der Waals surface area (Å²) >= 11 is 0. The Morgan fingerprint density at radius 1 is 1.29 bits per heavy atom. The number of halogens is 3. The highest BCUT2D eigenvalue weighted by Gasteiger charge is 2.38. The molecule has 0 atom stereocenters. The van der Waals surface area contributed by atoms with Crippen LogP contribution < -0.4 is 5.73 Å². The lowest BCUT2D eigenvalue weighted by Crippen LogP contribution is -2.49. The number of carbonyl (C=O) groups excluding carboxylic acids is 1. The largest absolute Gasteiger partial charge is 0.434 e. The van der Waals surface area contributed by atoms with Crippen LogP contribution in [0.4, 0.5) is 13.2 Å². The zero-order chi connectivity index (χ0) is 17.5. The maximum absolute atomic E-state index is 13.0. The number of nitrogens with zero attached hydrogens (tertiary/aromatic N) is 3. The van der Waals surface area contributed by atoms with E-state index in [-0.39, 0.29) is 17.8 Å². The fraction of sp³-hybridized carbons (Fsp3) is 0.375. The number of carbonyl (C=O) groups is 1. The molecule has 1 aromatic heterocycles. The van der Waals surface area contributed by atoms with Crippen molar-refractivity contribution in [2.75, 3.05) is 13.1 Å². The standard InChI is InChI=1S/C16H17F3N4O/c1-10(24)22-7-13(8-22)23-9-14(16(17,18)19)21-15(23)12-4-2-11(6-20)3-5-12/h2-5,9,13H,6-8,20H2,1H3. The van der Waals surface area contributed by atoms with Crippen LogP contribution in [-0.2, 0) is 17.5 Å². The molecule has 0 unspecified atom stereocenters. The summed E-state index contributed by atoms with van der Waals surface area (Å²) in [5, 5.41) is 0. The number of imidazole rings is 1. The highest BCUT2D eigenvalue weighted by molar-refractivity contribution is 5.74. The van der Waals surface area contributed by atoms with E-state index in [9.17, 15) is 18.0 Å². The van der Waals surface area contributed by atoms with Gasteiger partial charge in [-0.2, -0.15) is 13.2 Å². The summed E-state index contributed by atoms with van der Waals surface area (Å²) in [6.45, 7) is 2.57. The topological polar surface area (TPSA) is 64.2 Å². The van der Waals surface area contributed by atoms with E-state index in [1.54, 1.807) is 29.2 Å². The van der Waals surface area contributed by atoms with Crippen molar-refractivity contribution in [2.24, 2.45) is 5.73 Å². The number of aromatic nitrogens is 2. The molecule has 1 aromatic carbocycles. The van der Waals surface area contributed by atoms with Gasteiger partial charge in [0.15, 0.2) is 5.69 Å². The van der Waals surface area contributed by atoms with Crippen LogP contribution in [0, 0.1) is 0 Å². The smallest absolute Gasteiger partial charge is 0.339 e. The van der Waals surface area contributed by atoms with Crippen molar-refractivity contribution in [1.82, 2.24) is 14.5 Å². The molecule has 128 valence electrons. The van der Waals surface area contributed by atoms with Crippen molar-refractivity contribution >= 4 is 5.91 Å². The SMILES string of the molecule is CC(=O)N1CC(n2cc(C(F)(F)F)nc2-c2ccc(CN)cc2)C1. The molecular weight excluding hydrogens is 321 g/mol. The molecule has 0 aliphatic carbocycles. The van der Waals surface area contributed by atoms with Gasteiger partial charge >= 0.3 is 6.18 Å². The molecule has 2 N–H and O–H groups in total. The zero-order valence-corrected chi connectivity index (χ0v) is 13.0. The summed E-state index contributed by atoms with van der Waals surface area (Å²) in [7, 11) is 0. The summed E-state index contributed by atoms with van der Waals surface area (Å²) in [5.74, 6) is 0.162. The first kappa shape index (κ1) is 16.5. The van der Waals surface area contributed by atoms with Gasteiger partial charge in [0.1, 0.15) is 5.82 Å². The zero-order valence-electron chi connectivity index (χ0n) is 13.0. The molecule has 1 aliphatic rings. The summed E-state index contributed by atoms with van der Waals surface area (Å²) in [6.07, 6.45) is -3.49. The summed E-state index contributed by atoms with van der Waals surface area (Å²) < 4.78 is 40.7. The Balaban J connectivity index is 1.97. The summed E-state index contributed by atoms with van der Waals surface area (Å²) in [4.78, 5) is 16.7. The lowest BCUT2D eigenvalue weighted by molar-refractivity contribution is -0.141. The van der Waals surface area contributed by atoms with Crippen LogP contribution in [0.2, 0.25) is 0 Å². The number of amides is 1. The average Bonchev–Trinajstić information content (AvgIpc) is 2.90. The summed E-state index contributed by atoms with van der Waals surface area (Å²) in [6, 6.07) is 6.75. The lowest BCUT2D eigenvalue weighted by Gasteiger charge is -2.39. The Morgan fingerprint density at radius 3 is 2.42 bits per heavy atom. The molecule has 0 spiro atoms. The van der Waals surface area contributed by atoms with Crippen molar-refractivity contribution in [2.45, 2.75) is 25.7 Å². The maximum atomic E-state index is 13.0. The van der Waals surface area contributed by atoms with Crippen molar-refractivity contribution in [3.05, 3.63) is 41.7 Å². The molecule has 24 heavy (non-hydrogen) atoms. The van der Waals surface area contributed by atoms with E-state index in [2.05, 4.69) is 4.98 Å². The molecule has 8 heteroatoms. The molecule has 0 radical (unpaired) electrons. The molecule has 2 aromatic rings. The van der Waals surface area contributed by atoms with Crippen molar-refractivity contribution in [1.29, 1.82) is 0 Å². The van der Waals surface area contributed by atoms with E-state index in [0.717, 1.165) is 11.8 Å². The van der Waals surface area contributed by atoms with Crippen LogP contribution in [0.25, 0.3) is 11.4 Å². The Bertz CT molecular complexity index is 746. The van der Waals surface area contributed by atoms with E-state index < -0.39 is 11.9 Å². The molecule has 0 bridgehead atoms. The molecule has 3 rings (SSSR count). The first-order chi connectivity index (χ1) is 11.3. The normalized spacial score (nSPS) is 15.5. The van der Waals surface area contributed by atoms with E-state index in [1.165, 1.54) is 11.5 Å². The third kappa shape index (κ3) is 3.01. The first-order valence-corrected chi connectivity index (χ1v) is 7.50. The highest BCUT2D eigenvalue weighted by atomic mass is 19.4. The summed E-state index contributed by atoms with van der Waals surface area (Å²) in [5.41, 5.74) is 6.09. The predicted octanol–water partition coefficient (Wildman–Crippen LogP) is 2.43. The molecule has 1 saturated heterocycles. The lowest BCUT2D eigenvalue weighted by atomic mass is 10.1. The first-order valence-electron chi connectivity index (χ1n) is 7.50. The van der Waals surface area contributed by atoms with Gasteiger partial charge in [-0.3, -0.25) is 4.79 Å². The Labute approximate surface area is 136 Å². The van der Waals surface area contributed by atoms with Gasteiger partial charge < -0.3 is 15.2 Å². The van der Waals surface area contributed by atoms with E-state index in [1.807, 2.05) is 0 Å². The van der Waals surface area contributed by atoms with Crippen molar-refractivity contribution in [3.8, 4) is 11.4 Å². The molecule has 0 saturated carbocycles. The minimum Gasteiger partial charge on any atom is -0.339 e. The number of benzene rings is 1. The second kappa shape index (κ2) is 5.94. The van der Waals surface area contributed by atoms with Gasteiger partial charge in [-0.15, -0.1) is 0 Å². The van der Waals surface area contributed by atoms with Gasteiger partial charge in [-0.25, -0.2) is 4.98 Å². The van der Waals surface area contributed by atoms with Crippen LogP contribution in [0.5, 0.6) is 0 Å². The van der Waals surface area contributed by atoms with Gasteiger partial charge in [0.05, 0.1) is 6.04 Å². The van der Waals surface area contributed by atoms with Gasteiger partial charge in [0, 0.05) is 38.3 Å². The number of hydrogen-bond acceptors (Lipinski definition) is 3. The van der Waals surface area contributed by atoms with E-state index in [0.29, 0.717) is 25.2 Å². The molecule has 1 fully saturated rings. The van der Waals surface area contributed by atoms with E-state index >= 15 is 0 Å². The van der Waals surface area contributed by atoms with Gasteiger partial charge in [-0.05, 0) is 5.56 Å². The second-order valence-electron chi connectivity index (χ2n) is 5.83. The number of nitrogens with two attached hydrogens (primary N) is 1. The van der Waals surface area contributed by atoms with Crippen LogP contribution in [0.15, 0.2) is 30.5 Å². The minimum absolute atomic E-state index is 0.0868. The van der Waals surface area contributed by atoms with Crippen molar-refractivity contribution in [3.63, 3.8) is 0 Å². The second-order valence-corrected chi connectivity index (χ2v) is 5.83. The average molecular weight is 338 g/mol. The van der Waals surface area contributed by atoms with Crippen LogP contribution in [-0.4, -0.2) is 33.4 Å². The Morgan fingerprint density at radius 2 is 1.92 bits per heavy atom. The fourth-order valence-electron chi connectivity index (χ4n) is 2.70. The van der Waals surface area contributed by atoms with Crippen LogP contribution in [0.1, 0.15) is 24.2 Å². The molecule has 1 aliphatic heterocycles. The fourth-order valence-corrected chi connectivity index (χ4v) is 2.70. The van der Waals surface area contributed by atoms with Gasteiger partial charge in [0.2, 0.25) is 5.91 Å². The Kier molecular flexibility index (Phi) is 4.08. The third-order valence-corrected chi connectivity index (χ3v) is 4.17. The van der Waals surface area contributed by atoms with Crippen molar-refractivity contribution < 1.29 is 18.0 Å². The monoisotopic (exact) mass is 338 g/mol. The molecular formula is C16H17F3N4O. The molecule has 2 heterocycles. The van der Waals surface area contributed by atoms with Gasteiger partial charge in [-0.1, -0.05) is 24.3 Å². The van der Waals surface area contributed by atoms with E-state index in [4.69, 9.17) is 5.73 Å². The van der Waals surface area contributed by atoms with Gasteiger partial charge in [0.25, 0.3) is 0 Å². The molecule has 1 amide bonds. The minimum atomic E-state index is -4.51. The Hall–Kier alpha value is -2.35. The highest BCUT2D eigenvalue weighted by Crippen LogP contribution is 2.34. The third-order valence-electron chi connectivity index (χ3n) is 4.17.